The fourth-order valence-corrected chi connectivity index (χ4v) is 8.74. The van der Waals surface area contributed by atoms with E-state index in [-0.39, 0.29) is 26.2 Å². The molecule has 5 saturated carbocycles. The average molecular weight is 525 g/mol. The Kier molecular flexibility index (Phi) is 6.39. The van der Waals surface area contributed by atoms with Gasteiger partial charge in [-0.15, -0.1) is 40.3 Å². The first-order valence-electron chi connectivity index (χ1n) is 13.8. The van der Waals surface area contributed by atoms with Crippen LogP contribution in [0.3, 0.4) is 0 Å². The topological polar surface area (TPSA) is 0 Å². The number of aryl methyl sites for hydroxylation is 1. The standard InChI is InChI=1S/C33H37.Zr/c1-21-11-26-15-25(13-22-7-3-2-4-8-22)20-31(26)32(12-21)29-9-5-6-10-30(29)33-27-16-23-14-24(18-27)19-28(33)17-23;/h5-6,9-13,20,22-24,27-28,33H,2-4,7-8,14,16-19H2,1H3;/q-1;. The molecule has 0 aliphatic heterocycles. The van der Waals surface area contributed by atoms with Crippen molar-refractivity contribution in [2.24, 2.45) is 29.6 Å². The number of hydrogen-bond donors (Lipinski definition) is 0. The second kappa shape index (κ2) is 9.35. The van der Waals surface area contributed by atoms with Crippen molar-refractivity contribution in [2.45, 2.75) is 77.0 Å². The molecule has 0 radical (unpaired) electrons. The van der Waals surface area contributed by atoms with Crippen LogP contribution in [-0.2, 0) is 26.2 Å². The molecule has 34 heavy (non-hydrogen) atoms. The summed E-state index contributed by atoms with van der Waals surface area (Å²) in [6, 6.07) is 14.3. The van der Waals surface area contributed by atoms with Crippen LogP contribution in [0, 0.1) is 36.5 Å². The Morgan fingerprint density at radius 1 is 0.824 bits per heavy atom. The minimum Gasteiger partial charge on any atom is -0.145 e. The van der Waals surface area contributed by atoms with E-state index < -0.39 is 0 Å². The van der Waals surface area contributed by atoms with E-state index >= 15 is 0 Å². The van der Waals surface area contributed by atoms with Crippen LogP contribution in [0.1, 0.15) is 81.3 Å². The van der Waals surface area contributed by atoms with Gasteiger partial charge in [-0.25, -0.2) is 0 Å². The molecule has 0 heterocycles. The molecule has 0 unspecified atom stereocenters. The van der Waals surface area contributed by atoms with Gasteiger partial charge in [0.25, 0.3) is 0 Å². The molecule has 6 aliphatic carbocycles. The van der Waals surface area contributed by atoms with Crippen molar-refractivity contribution in [1.29, 1.82) is 0 Å². The number of allylic oxidation sites excluding steroid dienone is 2. The van der Waals surface area contributed by atoms with Crippen molar-refractivity contribution >= 4 is 12.2 Å². The summed E-state index contributed by atoms with van der Waals surface area (Å²) < 4.78 is 0. The zero-order valence-corrected chi connectivity index (χ0v) is 23.1. The zero-order valence-electron chi connectivity index (χ0n) is 20.7. The van der Waals surface area contributed by atoms with Crippen LogP contribution in [0.5, 0.6) is 0 Å². The summed E-state index contributed by atoms with van der Waals surface area (Å²) in [7, 11) is 0. The molecule has 0 saturated heterocycles. The van der Waals surface area contributed by atoms with Gasteiger partial charge in [-0.1, -0.05) is 73.6 Å². The van der Waals surface area contributed by atoms with E-state index in [2.05, 4.69) is 61.5 Å². The van der Waals surface area contributed by atoms with E-state index in [1.54, 1.807) is 5.56 Å². The van der Waals surface area contributed by atoms with Gasteiger partial charge in [0.1, 0.15) is 0 Å². The number of benzene rings is 2. The van der Waals surface area contributed by atoms with E-state index in [0.29, 0.717) is 0 Å². The normalized spacial score (nSPS) is 32.7. The molecule has 0 amide bonds. The maximum atomic E-state index is 3.79. The predicted octanol–water partition coefficient (Wildman–Crippen LogP) is 7.16. The number of hydrogen-bond acceptors (Lipinski definition) is 0. The first-order chi connectivity index (χ1) is 16.2. The Morgan fingerprint density at radius 2 is 1.53 bits per heavy atom. The fourth-order valence-electron chi connectivity index (χ4n) is 8.74. The minimum absolute atomic E-state index is 0. The fraction of sp³-hybridized carbons (Fsp3) is 0.515. The number of rotatable bonds is 3. The Morgan fingerprint density at radius 3 is 2.26 bits per heavy atom. The van der Waals surface area contributed by atoms with Crippen LogP contribution in [0.2, 0.25) is 0 Å². The van der Waals surface area contributed by atoms with Gasteiger partial charge in [0, 0.05) is 26.2 Å². The summed E-state index contributed by atoms with van der Waals surface area (Å²) >= 11 is 0. The van der Waals surface area contributed by atoms with Gasteiger partial charge in [-0.05, 0) is 85.7 Å². The van der Waals surface area contributed by atoms with Crippen LogP contribution in [0.4, 0.5) is 0 Å². The van der Waals surface area contributed by atoms with Crippen LogP contribution in [0.15, 0.2) is 48.0 Å². The smallest absolute Gasteiger partial charge is 0 e. The molecule has 2 aromatic rings. The van der Waals surface area contributed by atoms with Crippen molar-refractivity contribution in [3.63, 3.8) is 0 Å². The van der Waals surface area contributed by atoms with Gasteiger partial charge in [-0.3, -0.25) is 0 Å². The summed E-state index contributed by atoms with van der Waals surface area (Å²) in [6.45, 7) is 2.26. The minimum atomic E-state index is 0. The van der Waals surface area contributed by atoms with Crippen LogP contribution >= 0.6 is 0 Å². The second-order valence-corrected chi connectivity index (χ2v) is 12.1. The summed E-state index contributed by atoms with van der Waals surface area (Å²) in [5, 5.41) is 2.73. The number of fused-ring (bicyclic) bond motifs is 1. The second-order valence-electron chi connectivity index (χ2n) is 12.1. The molecule has 174 valence electrons. The Hall–Kier alpha value is -1.20. The average Bonchev–Trinajstić information content (AvgIpc) is 3.21. The SMILES string of the molecule is Cc1cc(-c2ccccc2C2C3CC4CC(C3)CC2C4)c2c(c1)=[C-]C(=CC1CCCCC1)C=2.[Zr]. The van der Waals surface area contributed by atoms with Crippen molar-refractivity contribution in [1.82, 2.24) is 0 Å². The molecule has 0 atom stereocenters. The van der Waals surface area contributed by atoms with Gasteiger partial charge < -0.3 is 0 Å². The zero-order chi connectivity index (χ0) is 21.9. The quantitative estimate of drug-likeness (QED) is 0.374. The van der Waals surface area contributed by atoms with E-state index in [1.807, 2.05) is 0 Å². The van der Waals surface area contributed by atoms with Crippen molar-refractivity contribution < 1.29 is 26.2 Å². The molecular formula is C33H37Zr-. The Bertz CT molecular complexity index is 1200. The monoisotopic (exact) mass is 523 g/mol. The third-order valence-corrected chi connectivity index (χ3v) is 9.81. The van der Waals surface area contributed by atoms with Gasteiger partial charge >= 0.3 is 0 Å². The molecular weight excluding hydrogens is 488 g/mol. The van der Waals surface area contributed by atoms with Gasteiger partial charge in [0.15, 0.2) is 0 Å². The summed E-state index contributed by atoms with van der Waals surface area (Å²) in [5.41, 5.74) is 7.30. The molecule has 4 bridgehead atoms. The molecule has 8 rings (SSSR count). The van der Waals surface area contributed by atoms with Gasteiger partial charge in [0.2, 0.25) is 0 Å². The molecule has 1 heteroatoms. The Balaban J connectivity index is 0.00000217. The maximum Gasteiger partial charge on any atom is 0 e. The maximum absolute atomic E-state index is 3.79. The van der Waals surface area contributed by atoms with E-state index in [9.17, 15) is 0 Å². The van der Waals surface area contributed by atoms with Crippen molar-refractivity contribution in [3.05, 3.63) is 69.6 Å². The summed E-state index contributed by atoms with van der Waals surface area (Å²) in [6.07, 6.45) is 23.2. The molecule has 5 fully saturated rings. The van der Waals surface area contributed by atoms with Crippen molar-refractivity contribution in [3.8, 4) is 11.1 Å². The van der Waals surface area contributed by atoms with Gasteiger partial charge in [0.05, 0.1) is 0 Å². The molecule has 6 aliphatic rings. The van der Waals surface area contributed by atoms with Crippen molar-refractivity contribution in [2.75, 3.05) is 0 Å². The predicted molar refractivity (Wildman–Crippen MR) is 138 cm³/mol. The van der Waals surface area contributed by atoms with E-state index in [1.165, 1.54) is 96.9 Å². The molecule has 0 aromatic heterocycles. The summed E-state index contributed by atoms with van der Waals surface area (Å²) in [4.78, 5) is 0. The molecule has 2 aromatic carbocycles. The van der Waals surface area contributed by atoms with Crippen LogP contribution in [0.25, 0.3) is 23.3 Å². The molecule has 0 nitrogen and oxygen atoms in total. The summed E-state index contributed by atoms with van der Waals surface area (Å²) in [5.74, 6) is 5.43. The van der Waals surface area contributed by atoms with Crippen LogP contribution < -0.4 is 10.4 Å². The third kappa shape index (κ3) is 4.09. The van der Waals surface area contributed by atoms with E-state index in [0.717, 1.165) is 35.5 Å². The first-order valence-corrected chi connectivity index (χ1v) is 13.8. The van der Waals surface area contributed by atoms with Crippen LogP contribution in [-0.4, -0.2) is 0 Å². The molecule has 0 N–H and O–H groups in total. The third-order valence-electron chi connectivity index (χ3n) is 9.81. The first kappa shape index (κ1) is 23.2. The largest absolute Gasteiger partial charge is 0.145 e. The Labute approximate surface area is 224 Å². The molecule has 0 spiro atoms. The van der Waals surface area contributed by atoms with E-state index in [4.69, 9.17) is 0 Å². The van der Waals surface area contributed by atoms with Gasteiger partial charge in [-0.2, -0.15) is 0 Å².